The van der Waals surface area contributed by atoms with Crippen molar-refractivity contribution in [1.82, 2.24) is 4.90 Å². The number of likely N-dealkylation sites (tertiary alicyclic amines) is 1. The summed E-state index contributed by atoms with van der Waals surface area (Å²) >= 11 is 0. The Morgan fingerprint density at radius 1 is 1.10 bits per heavy atom. The van der Waals surface area contributed by atoms with Crippen LogP contribution in [-0.4, -0.2) is 29.4 Å². The Morgan fingerprint density at radius 3 is 2.62 bits per heavy atom. The van der Waals surface area contributed by atoms with Gasteiger partial charge in [-0.2, -0.15) is 0 Å². The van der Waals surface area contributed by atoms with Crippen molar-refractivity contribution < 1.29 is 4.79 Å². The van der Waals surface area contributed by atoms with Crippen LogP contribution in [-0.2, 0) is 11.2 Å². The van der Waals surface area contributed by atoms with Crippen molar-refractivity contribution in [3.8, 4) is 0 Å². The van der Waals surface area contributed by atoms with Gasteiger partial charge in [0.15, 0.2) is 0 Å². The number of rotatable bonds is 3. The van der Waals surface area contributed by atoms with Crippen LogP contribution < -0.4 is 5.73 Å². The predicted molar refractivity (Wildman–Crippen MR) is 84.8 cm³/mol. The molecule has 21 heavy (non-hydrogen) atoms. The minimum atomic E-state index is 0.0649. The summed E-state index contributed by atoms with van der Waals surface area (Å²) < 4.78 is 0. The molecule has 3 heteroatoms. The zero-order valence-electron chi connectivity index (χ0n) is 12.7. The Morgan fingerprint density at radius 2 is 1.86 bits per heavy atom. The van der Waals surface area contributed by atoms with E-state index in [9.17, 15) is 4.79 Å². The van der Waals surface area contributed by atoms with Crippen LogP contribution >= 0.6 is 0 Å². The molecule has 1 aliphatic carbocycles. The molecule has 3 unspecified atom stereocenters. The quantitative estimate of drug-likeness (QED) is 0.928. The minimum absolute atomic E-state index is 0.0649. The number of nitrogens with zero attached hydrogens (tertiary/aromatic N) is 1. The highest BCUT2D eigenvalue weighted by Crippen LogP contribution is 2.29. The third-order valence-corrected chi connectivity index (χ3v) is 5.11. The Kier molecular flexibility index (Phi) is 4.59. The number of carbonyl (C=O) groups excluding carboxylic acids is 1. The molecule has 114 valence electrons. The van der Waals surface area contributed by atoms with Crippen LogP contribution in [0.2, 0.25) is 0 Å². The van der Waals surface area contributed by atoms with E-state index in [-0.39, 0.29) is 12.0 Å². The van der Waals surface area contributed by atoms with E-state index in [1.54, 1.807) is 0 Å². The molecule has 2 fully saturated rings. The number of benzene rings is 1. The monoisotopic (exact) mass is 286 g/mol. The van der Waals surface area contributed by atoms with E-state index in [0.29, 0.717) is 11.9 Å². The Hall–Kier alpha value is -1.35. The summed E-state index contributed by atoms with van der Waals surface area (Å²) in [6, 6.07) is 11.0. The number of hydrogen-bond donors (Lipinski definition) is 1. The maximum Gasteiger partial charge on any atom is 0.227 e. The summed E-state index contributed by atoms with van der Waals surface area (Å²) in [5.41, 5.74) is 7.53. The van der Waals surface area contributed by atoms with Gasteiger partial charge in [-0.05, 0) is 37.7 Å². The minimum Gasteiger partial charge on any atom is -0.339 e. The smallest absolute Gasteiger partial charge is 0.227 e. The van der Waals surface area contributed by atoms with E-state index >= 15 is 0 Å². The topological polar surface area (TPSA) is 46.3 Å². The largest absolute Gasteiger partial charge is 0.339 e. The molecule has 0 aromatic heterocycles. The molecule has 1 amide bonds. The van der Waals surface area contributed by atoms with Gasteiger partial charge in [0.05, 0.1) is 5.92 Å². The Balaban J connectivity index is 1.67. The molecule has 3 atom stereocenters. The van der Waals surface area contributed by atoms with Gasteiger partial charge < -0.3 is 10.6 Å². The van der Waals surface area contributed by atoms with Crippen LogP contribution in [0.3, 0.4) is 0 Å². The molecule has 0 spiro atoms. The van der Waals surface area contributed by atoms with Crippen molar-refractivity contribution in [3.63, 3.8) is 0 Å². The number of nitrogens with two attached hydrogens (primary N) is 1. The van der Waals surface area contributed by atoms with Gasteiger partial charge in [0.25, 0.3) is 0 Å². The first-order valence-electron chi connectivity index (χ1n) is 8.35. The van der Waals surface area contributed by atoms with Crippen molar-refractivity contribution in [1.29, 1.82) is 0 Å². The molecular weight excluding hydrogens is 260 g/mol. The average Bonchev–Trinajstić information content (AvgIpc) is 2.96. The summed E-state index contributed by atoms with van der Waals surface area (Å²) in [7, 11) is 0. The van der Waals surface area contributed by atoms with Gasteiger partial charge in [-0.25, -0.2) is 0 Å². The van der Waals surface area contributed by atoms with Gasteiger partial charge in [-0.1, -0.05) is 43.2 Å². The highest BCUT2D eigenvalue weighted by Gasteiger charge is 2.36. The molecule has 3 nitrogen and oxygen atoms in total. The number of hydrogen-bond acceptors (Lipinski definition) is 2. The van der Waals surface area contributed by atoms with Crippen molar-refractivity contribution in [3.05, 3.63) is 35.9 Å². The lowest BCUT2D eigenvalue weighted by molar-refractivity contribution is -0.137. The molecule has 0 bridgehead atoms. The Labute approximate surface area is 127 Å². The molecule has 1 aliphatic heterocycles. The third kappa shape index (κ3) is 3.29. The molecule has 2 aliphatic rings. The van der Waals surface area contributed by atoms with Crippen LogP contribution in [0.1, 0.15) is 44.1 Å². The summed E-state index contributed by atoms with van der Waals surface area (Å²) in [4.78, 5) is 15.0. The normalized spacial score (nSPS) is 29.6. The van der Waals surface area contributed by atoms with Gasteiger partial charge in [-0.15, -0.1) is 0 Å². The van der Waals surface area contributed by atoms with Crippen molar-refractivity contribution in [2.45, 2.75) is 57.0 Å². The van der Waals surface area contributed by atoms with Crippen LogP contribution in [0.25, 0.3) is 0 Å². The SMILES string of the molecule is NC1CCCCC1C(=O)N1CCCC1Cc1ccccc1. The zero-order valence-corrected chi connectivity index (χ0v) is 12.7. The number of amides is 1. The van der Waals surface area contributed by atoms with Crippen LogP contribution in [0.5, 0.6) is 0 Å². The fourth-order valence-electron chi connectivity index (χ4n) is 3.90. The summed E-state index contributed by atoms with van der Waals surface area (Å²) in [6.45, 7) is 0.916. The van der Waals surface area contributed by atoms with Crippen LogP contribution in [0.4, 0.5) is 0 Å². The second-order valence-corrected chi connectivity index (χ2v) is 6.57. The van der Waals surface area contributed by atoms with Crippen molar-refractivity contribution in [2.75, 3.05) is 6.54 Å². The van der Waals surface area contributed by atoms with E-state index < -0.39 is 0 Å². The lowest BCUT2D eigenvalue weighted by atomic mass is 9.84. The van der Waals surface area contributed by atoms with Crippen molar-refractivity contribution in [2.24, 2.45) is 11.7 Å². The maximum absolute atomic E-state index is 12.9. The van der Waals surface area contributed by atoms with Gasteiger partial charge in [0.1, 0.15) is 0 Å². The summed E-state index contributed by atoms with van der Waals surface area (Å²) in [5, 5.41) is 0. The highest BCUT2D eigenvalue weighted by atomic mass is 16.2. The third-order valence-electron chi connectivity index (χ3n) is 5.11. The standard InChI is InChI=1S/C18H26N2O/c19-17-11-5-4-10-16(17)18(21)20-12-6-9-15(20)13-14-7-2-1-3-8-14/h1-3,7-8,15-17H,4-6,9-13,19H2. The lowest BCUT2D eigenvalue weighted by Crippen LogP contribution is -2.47. The average molecular weight is 286 g/mol. The lowest BCUT2D eigenvalue weighted by Gasteiger charge is -2.34. The van der Waals surface area contributed by atoms with Crippen LogP contribution in [0, 0.1) is 5.92 Å². The predicted octanol–water partition coefficient (Wildman–Crippen LogP) is 2.74. The zero-order chi connectivity index (χ0) is 14.7. The molecular formula is C18H26N2O. The number of carbonyl (C=O) groups is 1. The molecule has 1 heterocycles. The van der Waals surface area contributed by atoms with E-state index in [1.165, 1.54) is 12.0 Å². The second kappa shape index (κ2) is 6.61. The molecule has 1 aromatic carbocycles. The van der Waals surface area contributed by atoms with Gasteiger partial charge in [0, 0.05) is 18.6 Å². The molecule has 1 aromatic rings. The fourth-order valence-corrected chi connectivity index (χ4v) is 3.90. The molecule has 1 saturated heterocycles. The first-order valence-corrected chi connectivity index (χ1v) is 8.35. The van der Waals surface area contributed by atoms with Crippen LogP contribution in [0.15, 0.2) is 30.3 Å². The van der Waals surface area contributed by atoms with Gasteiger partial charge >= 0.3 is 0 Å². The molecule has 3 rings (SSSR count). The maximum atomic E-state index is 12.9. The van der Waals surface area contributed by atoms with Gasteiger partial charge in [0.2, 0.25) is 5.91 Å². The summed E-state index contributed by atoms with van der Waals surface area (Å²) in [6.07, 6.45) is 7.56. The molecule has 1 saturated carbocycles. The highest BCUT2D eigenvalue weighted by molar-refractivity contribution is 5.80. The fraction of sp³-hybridized carbons (Fsp3) is 0.611. The first-order chi connectivity index (χ1) is 10.3. The first kappa shape index (κ1) is 14.6. The Bertz CT molecular complexity index is 473. The van der Waals surface area contributed by atoms with E-state index in [4.69, 9.17) is 5.73 Å². The van der Waals surface area contributed by atoms with Gasteiger partial charge in [-0.3, -0.25) is 4.79 Å². The molecule has 2 N–H and O–H groups in total. The molecule has 0 radical (unpaired) electrons. The van der Waals surface area contributed by atoms with Crippen molar-refractivity contribution >= 4 is 5.91 Å². The second-order valence-electron chi connectivity index (χ2n) is 6.57. The van der Waals surface area contributed by atoms with E-state index in [0.717, 1.165) is 45.1 Å². The van der Waals surface area contributed by atoms with E-state index in [1.807, 2.05) is 6.07 Å². The van der Waals surface area contributed by atoms with E-state index in [2.05, 4.69) is 29.2 Å². The summed E-state index contributed by atoms with van der Waals surface area (Å²) in [5.74, 6) is 0.385.